The van der Waals surface area contributed by atoms with Gasteiger partial charge in [-0.2, -0.15) is 0 Å². The molecule has 0 bridgehead atoms. The zero-order valence-electron chi connectivity index (χ0n) is 10.8. The number of aryl methyl sites for hydroxylation is 1. The van der Waals surface area contributed by atoms with Crippen LogP contribution in [0.4, 0.5) is 11.5 Å². The molecule has 1 fully saturated rings. The van der Waals surface area contributed by atoms with Gasteiger partial charge in [0, 0.05) is 6.07 Å². The normalized spacial score (nSPS) is 17.7. The van der Waals surface area contributed by atoms with Crippen LogP contribution in [0.15, 0.2) is 12.3 Å². The summed E-state index contributed by atoms with van der Waals surface area (Å²) in [6.07, 6.45) is 1.26. The Morgan fingerprint density at radius 2 is 2.17 bits per heavy atom. The van der Waals surface area contributed by atoms with E-state index >= 15 is 0 Å². The maximum absolute atomic E-state index is 10.6. The topological polar surface area (TPSA) is 79.5 Å². The lowest BCUT2D eigenvalue weighted by Gasteiger charge is -2.50. The van der Waals surface area contributed by atoms with E-state index in [9.17, 15) is 15.2 Å². The van der Waals surface area contributed by atoms with Gasteiger partial charge in [-0.25, -0.2) is 4.98 Å². The van der Waals surface area contributed by atoms with E-state index in [1.807, 2.05) is 18.7 Å². The Hall–Kier alpha value is -1.69. The van der Waals surface area contributed by atoms with Crippen molar-refractivity contribution in [2.45, 2.75) is 26.4 Å². The number of nitro groups is 1. The second-order valence-corrected chi connectivity index (χ2v) is 5.21. The fourth-order valence-corrected chi connectivity index (χ4v) is 2.11. The molecule has 1 aromatic heterocycles. The Morgan fingerprint density at radius 1 is 1.56 bits per heavy atom. The van der Waals surface area contributed by atoms with E-state index in [0.29, 0.717) is 18.9 Å². The van der Waals surface area contributed by atoms with Crippen molar-refractivity contribution in [3.8, 4) is 0 Å². The number of rotatable bonds is 3. The predicted molar refractivity (Wildman–Crippen MR) is 67.6 cm³/mol. The minimum atomic E-state index is -0.671. The lowest BCUT2D eigenvalue weighted by Crippen LogP contribution is -2.65. The summed E-state index contributed by atoms with van der Waals surface area (Å²) in [7, 11) is 0. The average Bonchev–Trinajstić information content (AvgIpc) is 2.24. The number of anilines is 1. The summed E-state index contributed by atoms with van der Waals surface area (Å²) in [5.41, 5.74) is 0.0847. The SMILES string of the molecule is Cc1cc([N+](=O)[O-])cnc1N1CC(O)(C(C)C)C1. The van der Waals surface area contributed by atoms with Crippen LogP contribution >= 0.6 is 0 Å². The van der Waals surface area contributed by atoms with Gasteiger partial charge in [-0.3, -0.25) is 10.1 Å². The highest BCUT2D eigenvalue weighted by Crippen LogP contribution is 2.33. The minimum Gasteiger partial charge on any atom is -0.386 e. The van der Waals surface area contributed by atoms with Gasteiger partial charge in [0.15, 0.2) is 0 Å². The monoisotopic (exact) mass is 251 g/mol. The molecular weight excluding hydrogens is 234 g/mol. The van der Waals surface area contributed by atoms with Crippen LogP contribution in [-0.2, 0) is 0 Å². The van der Waals surface area contributed by atoms with Crippen molar-refractivity contribution in [1.29, 1.82) is 0 Å². The van der Waals surface area contributed by atoms with Crippen LogP contribution in [0.2, 0.25) is 0 Å². The molecule has 0 unspecified atom stereocenters. The van der Waals surface area contributed by atoms with Crippen LogP contribution in [0.25, 0.3) is 0 Å². The largest absolute Gasteiger partial charge is 0.386 e. The van der Waals surface area contributed by atoms with Gasteiger partial charge in [0.05, 0.1) is 18.0 Å². The highest BCUT2D eigenvalue weighted by molar-refractivity contribution is 5.53. The van der Waals surface area contributed by atoms with E-state index in [1.54, 1.807) is 6.92 Å². The van der Waals surface area contributed by atoms with Crippen LogP contribution in [0.1, 0.15) is 19.4 Å². The third kappa shape index (κ3) is 2.03. The molecule has 1 saturated heterocycles. The third-order valence-electron chi connectivity index (χ3n) is 3.55. The van der Waals surface area contributed by atoms with Crippen LogP contribution < -0.4 is 4.90 Å². The lowest BCUT2D eigenvalue weighted by molar-refractivity contribution is -0.385. The zero-order valence-corrected chi connectivity index (χ0v) is 10.8. The standard InChI is InChI=1S/C12H17N3O3/c1-8(2)12(16)6-14(7-12)11-9(3)4-10(5-13-11)15(17)18/h4-5,8,16H,6-7H2,1-3H3. The Labute approximate surface area is 105 Å². The first-order chi connectivity index (χ1) is 8.33. The van der Waals surface area contributed by atoms with E-state index in [2.05, 4.69) is 4.98 Å². The van der Waals surface area contributed by atoms with Gasteiger partial charge < -0.3 is 10.0 Å². The van der Waals surface area contributed by atoms with Crippen molar-refractivity contribution in [2.75, 3.05) is 18.0 Å². The Bertz CT molecular complexity index is 481. The van der Waals surface area contributed by atoms with E-state index in [4.69, 9.17) is 0 Å². The first-order valence-electron chi connectivity index (χ1n) is 5.92. The van der Waals surface area contributed by atoms with Gasteiger partial charge in [-0.05, 0) is 18.4 Å². The van der Waals surface area contributed by atoms with Crippen molar-refractivity contribution < 1.29 is 10.0 Å². The molecule has 1 aliphatic heterocycles. The minimum absolute atomic E-state index is 0.00380. The summed E-state index contributed by atoms with van der Waals surface area (Å²) < 4.78 is 0. The highest BCUT2D eigenvalue weighted by atomic mass is 16.6. The molecule has 6 nitrogen and oxygen atoms in total. The first kappa shape index (κ1) is 12.8. The molecule has 0 radical (unpaired) electrons. The van der Waals surface area contributed by atoms with Gasteiger partial charge in [0.2, 0.25) is 0 Å². The fourth-order valence-electron chi connectivity index (χ4n) is 2.11. The number of pyridine rings is 1. The molecule has 18 heavy (non-hydrogen) atoms. The Balaban J connectivity index is 2.15. The molecule has 1 aliphatic rings. The van der Waals surface area contributed by atoms with Crippen LogP contribution in [-0.4, -0.2) is 33.7 Å². The molecule has 2 heterocycles. The number of aromatic nitrogens is 1. The quantitative estimate of drug-likeness (QED) is 0.650. The predicted octanol–water partition coefficient (Wildman–Crippen LogP) is 1.51. The molecule has 0 amide bonds. The van der Waals surface area contributed by atoms with Crippen molar-refractivity contribution in [3.63, 3.8) is 0 Å². The van der Waals surface area contributed by atoms with Crippen molar-refractivity contribution in [2.24, 2.45) is 5.92 Å². The molecule has 0 aliphatic carbocycles. The summed E-state index contributed by atoms with van der Waals surface area (Å²) in [6, 6.07) is 1.51. The van der Waals surface area contributed by atoms with Gasteiger partial charge in [0.25, 0.3) is 5.69 Å². The summed E-state index contributed by atoms with van der Waals surface area (Å²) in [5, 5.41) is 20.8. The van der Waals surface area contributed by atoms with Gasteiger partial charge >= 0.3 is 0 Å². The molecule has 1 aromatic rings. The number of aliphatic hydroxyl groups is 1. The van der Waals surface area contributed by atoms with E-state index in [1.165, 1.54) is 12.3 Å². The van der Waals surface area contributed by atoms with Crippen LogP contribution in [0, 0.1) is 23.0 Å². The second kappa shape index (κ2) is 4.20. The average molecular weight is 251 g/mol. The zero-order chi connectivity index (χ0) is 13.5. The molecule has 98 valence electrons. The Kier molecular flexibility index (Phi) is 2.98. The second-order valence-electron chi connectivity index (χ2n) is 5.21. The van der Waals surface area contributed by atoms with Gasteiger partial charge in [-0.1, -0.05) is 13.8 Å². The smallest absolute Gasteiger partial charge is 0.287 e. The summed E-state index contributed by atoms with van der Waals surface area (Å²) in [4.78, 5) is 16.2. The fraction of sp³-hybridized carbons (Fsp3) is 0.583. The van der Waals surface area contributed by atoms with Crippen molar-refractivity contribution in [1.82, 2.24) is 4.98 Å². The molecule has 0 atom stereocenters. The molecule has 2 rings (SSSR count). The van der Waals surface area contributed by atoms with Crippen molar-refractivity contribution in [3.05, 3.63) is 27.9 Å². The molecular formula is C12H17N3O3. The van der Waals surface area contributed by atoms with E-state index in [-0.39, 0.29) is 11.6 Å². The Morgan fingerprint density at radius 3 is 2.61 bits per heavy atom. The molecule has 0 saturated carbocycles. The number of hydrogen-bond donors (Lipinski definition) is 1. The maximum Gasteiger partial charge on any atom is 0.287 e. The first-order valence-corrected chi connectivity index (χ1v) is 5.92. The van der Waals surface area contributed by atoms with Crippen LogP contribution in [0.5, 0.6) is 0 Å². The molecule has 0 spiro atoms. The summed E-state index contributed by atoms with van der Waals surface area (Å²) >= 11 is 0. The molecule has 6 heteroatoms. The van der Waals surface area contributed by atoms with Gasteiger partial charge in [0.1, 0.15) is 17.6 Å². The lowest BCUT2D eigenvalue weighted by atomic mass is 9.83. The summed E-state index contributed by atoms with van der Waals surface area (Å²) in [5.74, 6) is 0.901. The van der Waals surface area contributed by atoms with E-state index < -0.39 is 10.5 Å². The van der Waals surface area contributed by atoms with E-state index in [0.717, 1.165) is 5.56 Å². The summed E-state index contributed by atoms with van der Waals surface area (Å²) in [6.45, 7) is 6.80. The number of β-amino-alcohol motifs (C(OH)–C–C–N with tert-alkyl or cyclic N) is 1. The number of hydrogen-bond acceptors (Lipinski definition) is 5. The third-order valence-corrected chi connectivity index (χ3v) is 3.55. The molecule has 0 aromatic carbocycles. The molecule has 1 N–H and O–H groups in total. The van der Waals surface area contributed by atoms with Crippen LogP contribution in [0.3, 0.4) is 0 Å². The van der Waals surface area contributed by atoms with Gasteiger partial charge in [-0.15, -0.1) is 0 Å². The highest BCUT2D eigenvalue weighted by Gasteiger charge is 2.44. The number of nitrogens with zero attached hydrogens (tertiary/aromatic N) is 3. The maximum atomic E-state index is 10.6. The van der Waals surface area contributed by atoms with Crippen molar-refractivity contribution >= 4 is 11.5 Å².